The van der Waals surface area contributed by atoms with E-state index >= 15 is 0 Å². The number of carbonyl (C=O) groups excluding carboxylic acids is 1. The molecule has 2 N–H and O–H groups in total. The molecule has 1 aliphatic carbocycles. The van der Waals surface area contributed by atoms with Gasteiger partial charge in [0.15, 0.2) is 0 Å². The molecule has 0 spiro atoms. The maximum Gasteiger partial charge on any atom is 0.418 e. The van der Waals surface area contributed by atoms with Gasteiger partial charge < -0.3 is 15.2 Å². The molecular formula is C28H25F4NO4. The molecule has 1 fully saturated rings. The number of carboxylic acid groups (broad SMARTS) is 1. The molecule has 0 radical (unpaired) electrons. The molecule has 1 amide bonds. The number of ether oxygens (including phenoxy) is 1. The third kappa shape index (κ3) is 6.10. The molecule has 5 nitrogen and oxygen atoms in total. The van der Waals surface area contributed by atoms with E-state index in [1.165, 1.54) is 24.3 Å². The fraction of sp³-hybridized carbons (Fsp3) is 0.286. The first kappa shape index (κ1) is 26.2. The minimum absolute atomic E-state index is 0.222. The second kappa shape index (κ2) is 10.2. The molecule has 0 aromatic heterocycles. The lowest BCUT2D eigenvalue weighted by Crippen LogP contribution is -2.19. The molecule has 3 aromatic carbocycles. The summed E-state index contributed by atoms with van der Waals surface area (Å²) in [6, 6.07) is 12.7. The van der Waals surface area contributed by atoms with Gasteiger partial charge in [-0.2, -0.15) is 13.2 Å². The summed E-state index contributed by atoms with van der Waals surface area (Å²) in [4.78, 5) is 24.3. The molecule has 0 bridgehead atoms. The molecule has 0 heterocycles. The van der Waals surface area contributed by atoms with Crippen LogP contribution in [-0.4, -0.2) is 23.6 Å². The Hall–Kier alpha value is -3.88. The Morgan fingerprint density at radius 1 is 1.03 bits per heavy atom. The van der Waals surface area contributed by atoms with Crippen LogP contribution >= 0.6 is 0 Å². The Balaban J connectivity index is 1.51. The summed E-state index contributed by atoms with van der Waals surface area (Å²) in [5.74, 6) is -2.55. The van der Waals surface area contributed by atoms with E-state index < -0.39 is 35.2 Å². The van der Waals surface area contributed by atoms with Gasteiger partial charge in [-0.05, 0) is 84.8 Å². The number of benzene rings is 3. The molecule has 0 unspecified atom stereocenters. The van der Waals surface area contributed by atoms with Crippen molar-refractivity contribution in [3.63, 3.8) is 0 Å². The first-order valence-electron chi connectivity index (χ1n) is 11.7. The second-order valence-electron chi connectivity index (χ2n) is 9.20. The number of hydrogen-bond donors (Lipinski definition) is 2. The maximum atomic E-state index is 13.6. The summed E-state index contributed by atoms with van der Waals surface area (Å²) in [6.07, 6.45) is -3.82. The van der Waals surface area contributed by atoms with Crippen LogP contribution in [0.2, 0.25) is 0 Å². The highest BCUT2D eigenvalue weighted by Crippen LogP contribution is 2.49. The molecule has 1 saturated carbocycles. The van der Waals surface area contributed by atoms with Crippen molar-refractivity contribution in [3.8, 4) is 5.75 Å². The highest BCUT2D eigenvalue weighted by Gasteiger charge is 2.45. The zero-order chi connectivity index (χ0) is 26.9. The quantitative estimate of drug-likeness (QED) is 0.335. The summed E-state index contributed by atoms with van der Waals surface area (Å²) < 4.78 is 59.8. The monoisotopic (exact) mass is 515 g/mol. The fourth-order valence-electron chi connectivity index (χ4n) is 4.47. The Morgan fingerprint density at radius 3 is 2.24 bits per heavy atom. The van der Waals surface area contributed by atoms with Gasteiger partial charge in [-0.3, -0.25) is 9.59 Å². The van der Waals surface area contributed by atoms with Gasteiger partial charge in [0.25, 0.3) is 5.91 Å². The number of anilines is 1. The summed E-state index contributed by atoms with van der Waals surface area (Å²) in [7, 11) is 0. The van der Waals surface area contributed by atoms with Crippen LogP contribution in [0.15, 0.2) is 54.6 Å². The molecule has 0 aliphatic heterocycles. The molecule has 194 valence electrons. The molecule has 9 heteroatoms. The molecule has 1 aliphatic rings. The van der Waals surface area contributed by atoms with E-state index in [1.54, 1.807) is 38.1 Å². The van der Waals surface area contributed by atoms with E-state index in [0.29, 0.717) is 41.9 Å². The molecule has 3 aromatic rings. The number of aliphatic carboxylic acids is 1. The van der Waals surface area contributed by atoms with Gasteiger partial charge in [0.05, 0.1) is 23.8 Å². The Labute approximate surface area is 211 Å². The van der Waals surface area contributed by atoms with Crippen LogP contribution in [0.5, 0.6) is 5.75 Å². The zero-order valence-electron chi connectivity index (χ0n) is 20.2. The summed E-state index contributed by atoms with van der Waals surface area (Å²) in [5.41, 5.74) is 1.18. The number of nitrogens with one attached hydrogen (secondary N) is 1. The fourth-order valence-corrected chi connectivity index (χ4v) is 4.47. The topological polar surface area (TPSA) is 75.6 Å². The van der Waals surface area contributed by atoms with Crippen molar-refractivity contribution >= 4 is 17.6 Å². The van der Waals surface area contributed by atoms with Crippen LogP contribution in [0.1, 0.15) is 50.5 Å². The number of alkyl halides is 3. The zero-order valence-corrected chi connectivity index (χ0v) is 20.2. The average Bonchev–Trinajstić information content (AvgIpc) is 3.61. The van der Waals surface area contributed by atoms with Crippen LogP contribution in [0.25, 0.3) is 0 Å². The van der Waals surface area contributed by atoms with Gasteiger partial charge >= 0.3 is 12.1 Å². The number of halogens is 4. The molecule has 4 rings (SSSR count). The lowest BCUT2D eigenvalue weighted by atomic mass is 10.00. The van der Waals surface area contributed by atoms with E-state index in [9.17, 15) is 27.2 Å². The van der Waals surface area contributed by atoms with E-state index in [2.05, 4.69) is 5.32 Å². The van der Waals surface area contributed by atoms with Gasteiger partial charge in [-0.15, -0.1) is 0 Å². The Bertz CT molecular complexity index is 1310. The maximum absolute atomic E-state index is 13.6. The number of amides is 1. The lowest BCUT2D eigenvalue weighted by Gasteiger charge is -2.17. The van der Waals surface area contributed by atoms with Gasteiger partial charge in [0.1, 0.15) is 11.6 Å². The van der Waals surface area contributed by atoms with Gasteiger partial charge in [0, 0.05) is 12.0 Å². The second-order valence-corrected chi connectivity index (χ2v) is 9.20. The standard InChI is InChI=1S/C28H25F4NO4/c1-15-11-20(37-10-9-17-3-6-19(29)7-4-17)12-16(2)25(15)26(34)33-24-13-18(21-14-22(21)27(35)36)5-8-23(24)28(30,31)32/h3-8,11-13,21-22H,9-10,14H2,1-2H3,(H,33,34)(H,35,36)/t21-,22-/m1/s1. The predicted molar refractivity (Wildman–Crippen MR) is 129 cm³/mol. The molecule has 37 heavy (non-hydrogen) atoms. The van der Waals surface area contributed by atoms with Crippen LogP contribution in [-0.2, 0) is 17.4 Å². The summed E-state index contributed by atoms with van der Waals surface area (Å²) in [6.45, 7) is 3.64. The van der Waals surface area contributed by atoms with E-state index in [1.807, 2.05) is 0 Å². The minimum atomic E-state index is -4.71. The van der Waals surface area contributed by atoms with Gasteiger partial charge in [0.2, 0.25) is 0 Å². The Morgan fingerprint density at radius 2 is 1.68 bits per heavy atom. The largest absolute Gasteiger partial charge is 0.493 e. The van der Waals surface area contributed by atoms with Crippen LogP contribution in [0.4, 0.5) is 23.2 Å². The number of rotatable bonds is 8. The number of hydrogen-bond acceptors (Lipinski definition) is 3. The summed E-state index contributed by atoms with van der Waals surface area (Å²) >= 11 is 0. The van der Waals surface area contributed by atoms with Crippen LogP contribution in [0, 0.1) is 25.6 Å². The lowest BCUT2D eigenvalue weighted by molar-refractivity contribution is -0.139. The molecule has 0 saturated heterocycles. The number of aryl methyl sites for hydroxylation is 2. The van der Waals surface area contributed by atoms with Gasteiger partial charge in [-0.1, -0.05) is 18.2 Å². The van der Waals surface area contributed by atoms with Crippen LogP contribution in [0.3, 0.4) is 0 Å². The van der Waals surface area contributed by atoms with E-state index in [-0.39, 0.29) is 17.3 Å². The van der Waals surface area contributed by atoms with Crippen molar-refractivity contribution in [1.82, 2.24) is 0 Å². The average molecular weight is 516 g/mol. The number of carbonyl (C=O) groups is 2. The highest BCUT2D eigenvalue weighted by molar-refractivity contribution is 6.07. The SMILES string of the molecule is Cc1cc(OCCc2ccc(F)cc2)cc(C)c1C(=O)Nc1cc([C@H]2C[C@H]2C(=O)O)ccc1C(F)(F)F. The van der Waals surface area contributed by atoms with Crippen LogP contribution < -0.4 is 10.1 Å². The third-order valence-electron chi connectivity index (χ3n) is 6.44. The smallest absolute Gasteiger partial charge is 0.418 e. The molecular weight excluding hydrogens is 490 g/mol. The Kier molecular flexibility index (Phi) is 7.25. The first-order chi connectivity index (χ1) is 17.4. The van der Waals surface area contributed by atoms with E-state index in [4.69, 9.17) is 9.84 Å². The third-order valence-corrected chi connectivity index (χ3v) is 6.44. The van der Waals surface area contributed by atoms with Crippen molar-refractivity contribution in [1.29, 1.82) is 0 Å². The minimum Gasteiger partial charge on any atom is -0.493 e. The molecule has 2 atom stereocenters. The van der Waals surface area contributed by atoms with Crippen molar-refractivity contribution in [3.05, 3.63) is 93.8 Å². The van der Waals surface area contributed by atoms with Crippen molar-refractivity contribution in [2.75, 3.05) is 11.9 Å². The summed E-state index contributed by atoms with van der Waals surface area (Å²) in [5, 5.41) is 11.6. The predicted octanol–water partition coefficient (Wildman–Crippen LogP) is 6.52. The highest BCUT2D eigenvalue weighted by atomic mass is 19.4. The number of carboxylic acids is 1. The van der Waals surface area contributed by atoms with E-state index in [0.717, 1.165) is 11.6 Å². The normalized spacial score (nSPS) is 16.8. The van der Waals surface area contributed by atoms with Crippen molar-refractivity contribution in [2.24, 2.45) is 5.92 Å². The van der Waals surface area contributed by atoms with Crippen molar-refractivity contribution in [2.45, 2.75) is 38.8 Å². The first-order valence-corrected chi connectivity index (χ1v) is 11.7. The van der Waals surface area contributed by atoms with Gasteiger partial charge in [-0.25, -0.2) is 4.39 Å². The van der Waals surface area contributed by atoms with Crippen molar-refractivity contribution < 1.29 is 37.0 Å².